The minimum atomic E-state index is 0.583. The highest BCUT2D eigenvalue weighted by atomic mass is 16.5. The third-order valence-corrected chi connectivity index (χ3v) is 1.41. The van der Waals surface area contributed by atoms with Crippen LogP contribution in [0.3, 0.4) is 0 Å². The molecule has 0 saturated heterocycles. The van der Waals surface area contributed by atoms with Crippen molar-refractivity contribution in [3.05, 3.63) is 35.8 Å². The zero-order valence-corrected chi connectivity index (χ0v) is 6.92. The Labute approximate surface area is 67.2 Å². The average molecular weight is 151 g/mol. The quantitative estimate of drug-likeness (QED) is 0.651. The largest absolute Gasteiger partial charge is 0.471 e. The van der Waals surface area contributed by atoms with Crippen LogP contribution in [0.2, 0.25) is 0 Å². The van der Waals surface area contributed by atoms with Gasteiger partial charge in [-0.1, -0.05) is 12.2 Å². The van der Waals surface area contributed by atoms with Gasteiger partial charge in [-0.2, -0.15) is 0 Å². The van der Waals surface area contributed by atoms with Gasteiger partial charge in [0.05, 0.1) is 5.70 Å². The first-order chi connectivity index (χ1) is 5.38. The van der Waals surface area contributed by atoms with Crippen LogP contribution in [0.4, 0.5) is 0 Å². The lowest BCUT2D eigenvalue weighted by atomic mass is 10.3. The fraction of sp³-hybridized carbons (Fsp3) is 0.333. The van der Waals surface area contributed by atoms with Crippen LogP contribution >= 0.6 is 0 Å². The van der Waals surface area contributed by atoms with E-state index in [-0.39, 0.29) is 0 Å². The molecule has 0 aromatic rings. The number of rotatable bonds is 2. The van der Waals surface area contributed by atoms with Gasteiger partial charge in [0.2, 0.25) is 0 Å². The second kappa shape index (κ2) is 3.86. The molecule has 11 heavy (non-hydrogen) atoms. The zero-order chi connectivity index (χ0) is 8.10. The molecule has 0 aromatic heterocycles. The average Bonchev–Trinajstić information content (AvgIpc) is 2.39. The number of nitrogens with one attached hydrogen (secondary N) is 1. The summed E-state index contributed by atoms with van der Waals surface area (Å²) in [5.74, 6) is 0.922. The van der Waals surface area contributed by atoms with Crippen LogP contribution in [0.15, 0.2) is 35.8 Å². The van der Waals surface area contributed by atoms with Crippen molar-refractivity contribution in [1.82, 2.24) is 5.32 Å². The highest BCUT2D eigenvalue weighted by molar-refractivity contribution is 5.29. The predicted octanol–water partition coefficient (Wildman–Crippen LogP) is 1.93. The van der Waals surface area contributed by atoms with Gasteiger partial charge >= 0.3 is 0 Å². The number of hydrogen-bond donors (Lipinski definition) is 1. The third-order valence-electron chi connectivity index (χ3n) is 1.41. The van der Waals surface area contributed by atoms with Gasteiger partial charge in [-0.15, -0.1) is 0 Å². The van der Waals surface area contributed by atoms with Gasteiger partial charge in [-0.25, -0.2) is 0 Å². The van der Waals surface area contributed by atoms with E-state index in [9.17, 15) is 0 Å². The van der Waals surface area contributed by atoms with Crippen molar-refractivity contribution < 1.29 is 4.74 Å². The molecule has 1 aliphatic rings. The minimum absolute atomic E-state index is 0.583. The van der Waals surface area contributed by atoms with E-state index in [0.29, 0.717) is 6.73 Å². The number of hydrogen-bond acceptors (Lipinski definition) is 2. The van der Waals surface area contributed by atoms with Gasteiger partial charge in [-0.05, 0) is 26.0 Å². The molecule has 0 bridgehead atoms. The predicted molar refractivity (Wildman–Crippen MR) is 45.7 cm³/mol. The van der Waals surface area contributed by atoms with E-state index in [1.165, 1.54) is 0 Å². The highest BCUT2D eigenvalue weighted by Gasteiger charge is 2.08. The molecule has 0 spiro atoms. The Morgan fingerprint density at radius 1 is 1.27 bits per heavy atom. The van der Waals surface area contributed by atoms with Crippen LogP contribution in [-0.2, 0) is 4.74 Å². The lowest BCUT2D eigenvalue weighted by molar-refractivity contribution is 0.244. The van der Waals surface area contributed by atoms with Crippen molar-refractivity contribution in [2.45, 2.75) is 13.8 Å². The van der Waals surface area contributed by atoms with Crippen LogP contribution in [0.25, 0.3) is 0 Å². The molecule has 60 valence electrons. The van der Waals surface area contributed by atoms with Gasteiger partial charge in [0, 0.05) is 0 Å². The summed E-state index contributed by atoms with van der Waals surface area (Å²) in [6, 6.07) is 0. The van der Waals surface area contributed by atoms with E-state index in [4.69, 9.17) is 4.74 Å². The summed E-state index contributed by atoms with van der Waals surface area (Å²) in [5.41, 5.74) is 1.06. The topological polar surface area (TPSA) is 21.3 Å². The molecule has 1 rings (SSSR count). The lowest BCUT2D eigenvalue weighted by Crippen LogP contribution is -2.05. The Morgan fingerprint density at radius 3 is 2.64 bits per heavy atom. The second-order valence-corrected chi connectivity index (χ2v) is 2.24. The molecular weight excluding hydrogens is 138 g/mol. The Balaban J connectivity index is 2.77. The first-order valence-electron chi connectivity index (χ1n) is 3.75. The summed E-state index contributed by atoms with van der Waals surface area (Å²) in [6.45, 7) is 4.54. The van der Waals surface area contributed by atoms with E-state index in [0.717, 1.165) is 11.5 Å². The summed E-state index contributed by atoms with van der Waals surface area (Å²) in [6.07, 6.45) is 7.91. The molecule has 2 heteroatoms. The summed E-state index contributed by atoms with van der Waals surface area (Å²) in [4.78, 5) is 0. The van der Waals surface area contributed by atoms with Gasteiger partial charge in [0.1, 0.15) is 5.76 Å². The second-order valence-electron chi connectivity index (χ2n) is 2.24. The van der Waals surface area contributed by atoms with Gasteiger partial charge in [-0.3, -0.25) is 0 Å². The molecule has 0 unspecified atom stereocenters. The number of ether oxygens (including phenoxy) is 1. The fourth-order valence-electron chi connectivity index (χ4n) is 0.953. The first-order valence-corrected chi connectivity index (χ1v) is 3.75. The van der Waals surface area contributed by atoms with Crippen molar-refractivity contribution in [3.63, 3.8) is 0 Å². The molecule has 0 radical (unpaired) electrons. The molecular formula is C9H13NO. The molecule has 0 fully saturated rings. The summed E-state index contributed by atoms with van der Waals surface area (Å²) in [7, 11) is 0. The molecule has 2 nitrogen and oxygen atoms in total. The SMILES string of the molecule is C/C=C\C1=C(/C=C\C)OCN1. The molecule has 0 aromatic carbocycles. The Kier molecular flexibility index (Phi) is 2.78. The maximum Gasteiger partial charge on any atom is 0.159 e. The minimum Gasteiger partial charge on any atom is -0.471 e. The van der Waals surface area contributed by atoms with Gasteiger partial charge < -0.3 is 10.1 Å². The van der Waals surface area contributed by atoms with Crippen molar-refractivity contribution >= 4 is 0 Å². The normalized spacial score (nSPS) is 18.0. The van der Waals surface area contributed by atoms with Crippen LogP contribution < -0.4 is 5.32 Å². The Hall–Kier alpha value is -1.18. The van der Waals surface area contributed by atoms with Crippen molar-refractivity contribution in [3.8, 4) is 0 Å². The van der Waals surface area contributed by atoms with Gasteiger partial charge in [0.25, 0.3) is 0 Å². The molecule has 1 N–H and O–H groups in total. The van der Waals surface area contributed by atoms with Crippen LogP contribution in [-0.4, -0.2) is 6.73 Å². The maximum absolute atomic E-state index is 5.29. The van der Waals surface area contributed by atoms with Crippen molar-refractivity contribution in [2.24, 2.45) is 0 Å². The molecule has 0 atom stereocenters. The third kappa shape index (κ3) is 1.87. The van der Waals surface area contributed by atoms with Crippen LogP contribution in [0.1, 0.15) is 13.8 Å². The monoisotopic (exact) mass is 151 g/mol. The van der Waals surface area contributed by atoms with E-state index < -0.39 is 0 Å². The smallest absolute Gasteiger partial charge is 0.159 e. The van der Waals surface area contributed by atoms with E-state index in [2.05, 4.69) is 5.32 Å². The van der Waals surface area contributed by atoms with Crippen molar-refractivity contribution in [1.29, 1.82) is 0 Å². The maximum atomic E-state index is 5.29. The Morgan fingerprint density at radius 2 is 2.00 bits per heavy atom. The first kappa shape index (κ1) is 7.92. The van der Waals surface area contributed by atoms with Crippen LogP contribution in [0, 0.1) is 0 Å². The molecule has 1 heterocycles. The molecule has 0 amide bonds. The van der Waals surface area contributed by atoms with E-state index in [1.54, 1.807) is 0 Å². The van der Waals surface area contributed by atoms with E-state index in [1.807, 2.05) is 38.2 Å². The molecule has 1 aliphatic heterocycles. The zero-order valence-electron chi connectivity index (χ0n) is 6.92. The summed E-state index contributed by atoms with van der Waals surface area (Å²) < 4.78 is 5.29. The summed E-state index contributed by atoms with van der Waals surface area (Å²) in [5, 5.41) is 3.11. The number of allylic oxidation sites excluding steroid dienone is 4. The molecule has 0 aliphatic carbocycles. The van der Waals surface area contributed by atoms with Gasteiger partial charge in [0.15, 0.2) is 6.73 Å². The highest BCUT2D eigenvalue weighted by Crippen LogP contribution is 2.12. The van der Waals surface area contributed by atoms with E-state index >= 15 is 0 Å². The van der Waals surface area contributed by atoms with Crippen LogP contribution in [0.5, 0.6) is 0 Å². The summed E-state index contributed by atoms with van der Waals surface area (Å²) >= 11 is 0. The Bertz CT molecular complexity index is 192. The molecule has 0 saturated carbocycles. The van der Waals surface area contributed by atoms with Crippen molar-refractivity contribution in [2.75, 3.05) is 6.73 Å². The standard InChI is InChI=1S/C9H13NO/c1-3-5-8-9(6-4-2)11-7-10-8/h3-6,10H,7H2,1-2H3/b5-3-,6-4-. The lowest BCUT2D eigenvalue weighted by Gasteiger charge is -1.92. The fourth-order valence-corrected chi connectivity index (χ4v) is 0.953.